The number of nitrogens with zero attached hydrogens (tertiary/aromatic N) is 4. The van der Waals surface area contributed by atoms with Crippen LogP contribution in [0.4, 0.5) is 32.0 Å². The second-order valence-electron chi connectivity index (χ2n) is 10.5. The lowest BCUT2D eigenvalue weighted by Gasteiger charge is -2.46. The van der Waals surface area contributed by atoms with E-state index in [9.17, 15) is 46.0 Å². The fourth-order valence-corrected chi connectivity index (χ4v) is 5.49. The minimum atomic E-state index is -5.20. The van der Waals surface area contributed by atoms with E-state index in [4.69, 9.17) is 0 Å². The van der Waals surface area contributed by atoms with Gasteiger partial charge in [-0.2, -0.15) is 26.3 Å². The van der Waals surface area contributed by atoms with Crippen LogP contribution in [0.2, 0.25) is 0 Å². The molecule has 15 heteroatoms. The van der Waals surface area contributed by atoms with Gasteiger partial charge >= 0.3 is 12.4 Å². The first kappa shape index (κ1) is 31.5. The molecule has 1 atom stereocenters. The molecule has 1 unspecified atom stereocenters. The van der Waals surface area contributed by atoms with Crippen molar-refractivity contribution in [2.24, 2.45) is 0 Å². The van der Waals surface area contributed by atoms with Gasteiger partial charge in [0.25, 0.3) is 11.6 Å². The van der Waals surface area contributed by atoms with Crippen molar-refractivity contribution in [3.05, 3.63) is 111 Å². The number of non-ortho nitro benzene ring substituents is 1. The van der Waals surface area contributed by atoms with Gasteiger partial charge in [0.1, 0.15) is 17.6 Å². The summed E-state index contributed by atoms with van der Waals surface area (Å²) in [5.41, 5.74) is -2.99. The first-order chi connectivity index (χ1) is 21.2. The molecule has 3 aromatic carbocycles. The first-order valence-electron chi connectivity index (χ1n) is 13.5. The molecule has 4 aromatic rings. The number of Topliss-reactive ketones (excluding diaryl/α,β-unsaturated/α-hetero) is 1. The molecule has 1 aromatic heterocycles. The van der Waals surface area contributed by atoms with Crippen molar-refractivity contribution in [2.45, 2.75) is 43.6 Å². The molecule has 0 aliphatic carbocycles. The number of hydrazine groups is 1. The number of halogens is 6. The van der Waals surface area contributed by atoms with E-state index in [-0.39, 0.29) is 36.8 Å². The molecule has 1 fully saturated rings. The molecule has 1 aliphatic rings. The van der Waals surface area contributed by atoms with Crippen molar-refractivity contribution in [1.29, 1.82) is 0 Å². The molecule has 1 saturated heterocycles. The molecule has 0 radical (unpaired) electrons. The summed E-state index contributed by atoms with van der Waals surface area (Å²) in [6.45, 7) is 0.0125. The van der Waals surface area contributed by atoms with Gasteiger partial charge in [-0.15, -0.1) is 0 Å². The highest BCUT2D eigenvalue weighted by molar-refractivity contribution is 6.06. The fourth-order valence-electron chi connectivity index (χ4n) is 5.49. The number of piperidine rings is 1. The number of alkyl halides is 6. The van der Waals surface area contributed by atoms with Crippen molar-refractivity contribution < 1.29 is 40.9 Å². The number of nitro groups is 1. The third kappa shape index (κ3) is 6.48. The SMILES string of the molecule is O=C(NN1CCCCC1(Cc1ccc([N+](=O)[O-])cc1)C(=O)c1cc(C(F)(F)F)cc(C(F)(F)F)c1)c1ncnc2ccccc12. The van der Waals surface area contributed by atoms with E-state index >= 15 is 0 Å². The van der Waals surface area contributed by atoms with Crippen LogP contribution < -0.4 is 5.43 Å². The number of aromatic nitrogens is 2. The number of fused-ring (bicyclic) bond motifs is 1. The van der Waals surface area contributed by atoms with Crippen molar-refractivity contribution in [2.75, 3.05) is 6.54 Å². The Kier molecular flexibility index (Phi) is 8.31. The lowest BCUT2D eigenvalue weighted by molar-refractivity contribution is -0.384. The van der Waals surface area contributed by atoms with E-state index in [0.717, 1.165) is 18.5 Å². The van der Waals surface area contributed by atoms with Crippen molar-refractivity contribution in [3.8, 4) is 0 Å². The molecule has 5 rings (SSSR count). The van der Waals surface area contributed by atoms with Crippen molar-refractivity contribution >= 4 is 28.3 Å². The highest BCUT2D eigenvalue weighted by atomic mass is 19.4. The van der Waals surface area contributed by atoms with Gasteiger partial charge in [-0.1, -0.05) is 30.3 Å². The Bertz CT molecular complexity index is 1740. The van der Waals surface area contributed by atoms with Gasteiger partial charge in [-0.25, -0.2) is 15.0 Å². The van der Waals surface area contributed by atoms with Crippen molar-refractivity contribution in [1.82, 2.24) is 20.4 Å². The molecule has 0 bridgehead atoms. The predicted octanol–water partition coefficient (Wildman–Crippen LogP) is 6.57. The molecular formula is C30H23F6N5O4. The molecule has 9 nitrogen and oxygen atoms in total. The number of rotatable bonds is 7. The summed E-state index contributed by atoms with van der Waals surface area (Å²) in [5, 5.41) is 12.8. The fraction of sp³-hybridized carbons (Fsp3) is 0.267. The zero-order valence-corrected chi connectivity index (χ0v) is 23.2. The lowest BCUT2D eigenvalue weighted by atomic mass is 9.76. The van der Waals surface area contributed by atoms with Gasteiger partial charge in [-0.05, 0) is 49.1 Å². The summed E-state index contributed by atoms with van der Waals surface area (Å²) < 4.78 is 82.4. The molecule has 1 N–H and O–H groups in total. The molecule has 0 spiro atoms. The normalized spacial score (nSPS) is 17.6. The number of hydrogen-bond acceptors (Lipinski definition) is 7. The zero-order chi connectivity index (χ0) is 32.6. The summed E-state index contributed by atoms with van der Waals surface area (Å²) in [7, 11) is 0. The van der Waals surface area contributed by atoms with Gasteiger partial charge in [-0.3, -0.25) is 25.1 Å². The van der Waals surface area contributed by atoms with Gasteiger partial charge in [0.2, 0.25) is 0 Å². The lowest BCUT2D eigenvalue weighted by Crippen LogP contribution is -2.64. The number of benzene rings is 3. The standard InChI is InChI=1S/C30H23F6N5O4/c31-29(32,33)20-13-19(14-21(15-20)30(34,35)36)26(42)28(16-18-7-9-22(10-8-18)41(44)45)11-3-4-12-40(28)39-27(43)25-23-5-1-2-6-24(23)37-17-38-25/h1-2,5-10,13-15,17H,3-4,11-12,16H2,(H,39,43). The summed E-state index contributed by atoms with van der Waals surface area (Å²) in [6.07, 6.45) is -8.84. The van der Waals surface area contributed by atoms with Crippen LogP contribution in [0.3, 0.4) is 0 Å². The van der Waals surface area contributed by atoms with Gasteiger partial charge in [0, 0.05) is 36.0 Å². The quantitative estimate of drug-likeness (QED) is 0.106. The summed E-state index contributed by atoms with van der Waals surface area (Å²) >= 11 is 0. The minimum Gasteiger partial charge on any atom is -0.292 e. The highest BCUT2D eigenvalue weighted by Gasteiger charge is 2.48. The number of amides is 1. The Morgan fingerprint density at radius 1 is 0.911 bits per heavy atom. The minimum absolute atomic E-state index is 0.0125. The number of para-hydroxylation sites is 1. The summed E-state index contributed by atoms with van der Waals surface area (Å²) in [5.74, 6) is -1.87. The van der Waals surface area contributed by atoms with E-state index < -0.39 is 51.2 Å². The number of carbonyl (C=O) groups excluding carboxylic acids is 2. The molecular weight excluding hydrogens is 608 g/mol. The van der Waals surface area contributed by atoms with Crippen LogP contribution in [0.15, 0.2) is 73.1 Å². The Morgan fingerprint density at radius 3 is 2.18 bits per heavy atom. The van der Waals surface area contributed by atoms with E-state index in [0.29, 0.717) is 41.4 Å². The van der Waals surface area contributed by atoms with Crippen LogP contribution in [0, 0.1) is 10.1 Å². The third-order valence-electron chi connectivity index (χ3n) is 7.65. The smallest absolute Gasteiger partial charge is 0.292 e. The molecule has 1 aliphatic heterocycles. The summed E-state index contributed by atoms with van der Waals surface area (Å²) in [6, 6.07) is 12.2. The molecule has 1 amide bonds. The maximum absolute atomic E-state index is 14.3. The topological polar surface area (TPSA) is 118 Å². The second kappa shape index (κ2) is 11.9. The maximum atomic E-state index is 14.3. The second-order valence-corrected chi connectivity index (χ2v) is 10.5. The molecule has 234 valence electrons. The first-order valence-corrected chi connectivity index (χ1v) is 13.5. The third-order valence-corrected chi connectivity index (χ3v) is 7.65. The summed E-state index contributed by atoms with van der Waals surface area (Å²) in [4.78, 5) is 46.6. The van der Waals surface area contributed by atoms with E-state index in [1.165, 1.54) is 17.1 Å². The maximum Gasteiger partial charge on any atom is 0.416 e. The van der Waals surface area contributed by atoms with E-state index in [1.54, 1.807) is 24.3 Å². The zero-order valence-electron chi connectivity index (χ0n) is 23.2. The average molecular weight is 632 g/mol. The molecule has 45 heavy (non-hydrogen) atoms. The Labute approximate surface area is 251 Å². The van der Waals surface area contributed by atoms with E-state index in [1.807, 2.05) is 0 Å². The average Bonchev–Trinajstić information content (AvgIpc) is 3.00. The monoisotopic (exact) mass is 631 g/mol. The van der Waals surface area contributed by atoms with Crippen LogP contribution >= 0.6 is 0 Å². The Morgan fingerprint density at radius 2 is 1.56 bits per heavy atom. The van der Waals surface area contributed by atoms with Crippen LogP contribution in [0.5, 0.6) is 0 Å². The van der Waals surface area contributed by atoms with Crippen LogP contribution in [0.1, 0.15) is 56.8 Å². The predicted molar refractivity (Wildman–Crippen MR) is 148 cm³/mol. The van der Waals surface area contributed by atoms with Crippen LogP contribution in [0.25, 0.3) is 10.9 Å². The highest BCUT2D eigenvalue weighted by Crippen LogP contribution is 2.40. The molecule has 0 saturated carbocycles. The van der Waals surface area contributed by atoms with Crippen LogP contribution in [-0.2, 0) is 18.8 Å². The number of carbonyl (C=O) groups is 2. The van der Waals surface area contributed by atoms with Gasteiger partial charge < -0.3 is 0 Å². The number of nitro benzene ring substituents is 1. The number of hydrogen-bond donors (Lipinski definition) is 1. The van der Waals surface area contributed by atoms with Gasteiger partial charge in [0.15, 0.2) is 5.78 Å². The Hall–Kier alpha value is -4.92. The van der Waals surface area contributed by atoms with Crippen LogP contribution in [-0.4, -0.2) is 43.7 Å². The Balaban J connectivity index is 1.63. The molecule has 2 heterocycles. The van der Waals surface area contributed by atoms with Gasteiger partial charge in [0.05, 0.1) is 21.6 Å². The van der Waals surface area contributed by atoms with E-state index in [2.05, 4.69) is 15.4 Å². The number of ketones is 1. The largest absolute Gasteiger partial charge is 0.416 e. The van der Waals surface area contributed by atoms with Crippen molar-refractivity contribution in [3.63, 3.8) is 0 Å². The number of nitrogens with one attached hydrogen (secondary N) is 1.